The maximum absolute atomic E-state index is 13.0. The lowest BCUT2D eigenvalue weighted by Crippen LogP contribution is -2.22. The molecule has 1 unspecified atom stereocenters. The van der Waals surface area contributed by atoms with Gasteiger partial charge in [0.25, 0.3) is 5.91 Å². The molecule has 1 aliphatic carbocycles. The number of rotatable bonds is 6. The van der Waals surface area contributed by atoms with E-state index in [0.29, 0.717) is 0 Å². The lowest BCUT2D eigenvalue weighted by Gasteiger charge is -2.16. The Morgan fingerprint density at radius 1 is 1.03 bits per heavy atom. The molecule has 0 spiro atoms. The monoisotopic (exact) mass is 458 g/mol. The number of nitrogens with one attached hydrogen (secondary N) is 2. The number of aryl methyl sites for hydroxylation is 1. The number of carbonyl (C=O) groups excluding carboxylic acids is 1. The molecule has 32 heavy (non-hydrogen) atoms. The van der Waals surface area contributed by atoms with Crippen molar-refractivity contribution in [3.63, 3.8) is 0 Å². The van der Waals surface area contributed by atoms with Crippen LogP contribution in [0.4, 0.5) is 26.3 Å². The summed E-state index contributed by atoms with van der Waals surface area (Å²) in [7, 11) is 0. The van der Waals surface area contributed by atoms with E-state index in [1.807, 2.05) is 12.1 Å². The number of hydrogen-bond donors (Lipinski definition) is 3. The van der Waals surface area contributed by atoms with Gasteiger partial charge < -0.3 is 5.32 Å². The minimum atomic E-state index is -4.86. The van der Waals surface area contributed by atoms with E-state index in [1.165, 1.54) is 11.6 Å². The van der Waals surface area contributed by atoms with Crippen LogP contribution in [0.5, 0.6) is 0 Å². The highest BCUT2D eigenvalue weighted by molar-refractivity contribution is 5.90. The first-order valence-corrected chi connectivity index (χ1v) is 9.74. The van der Waals surface area contributed by atoms with Crippen molar-refractivity contribution in [2.24, 2.45) is 0 Å². The lowest BCUT2D eigenvalue weighted by molar-refractivity contribution is -0.143. The van der Waals surface area contributed by atoms with Crippen LogP contribution >= 0.6 is 0 Å². The predicted molar refractivity (Wildman–Crippen MR) is 105 cm³/mol. The molecule has 3 N–H and O–H groups in total. The van der Waals surface area contributed by atoms with Crippen LogP contribution in [0.2, 0.25) is 0 Å². The Bertz CT molecular complexity index is 982. The van der Waals surface area contributed by atoms with Gasteiger partial charge in [-0.3, -0.25) is 10.0 Å². The molecule has 0 bridgehead atoms. The van der Waals surface area contributed by atoms with Gasteiger partial charge in [0.1, 0.15) is 0 Å². The molecule has 0 aromatic heterocycles. The second kappa shape index (κ2) is 9.33. The van der Waals surface area contributed by atoms with Gasteiger partial charge in [-0.15, -0.1) is 0 Å². The van der Waals surface area contributed by atoms with Crippen molar-refractivity contribution >= 4 is 12.0 Å². The van der Waals surface area contributed by atoms with Crippen LogP contribution in [0, 0.1) is 0 Å². The summed E-state index contributed by atoms with van der Waals surface area (Å²) in [6, 6.07) is 7.09. The van der Waals surface area contributed by atoms with Gasteiger partial charge in [-0.1, -0.05) is 18.2 Å². The first-order valence-electron chi connectivity index (χ1n) is 9.74. The second-order valence-electron chi connectivity index (χ2n) is 7.48. The Balaban J connectivity index is 1.67. The minimum Gasteiger partial charge on any atom is -0.310 e. The topological polar surface area (TPSA) is 61.4 Å². The van der Waals surface area contributed by atoms with Gasteiger partial charge in [0, 0.05) is 12.1 Å². The summed E-state index contributed by atoms with van der Waals surface area (Å²) in [4.78, 5) is 11.1. The van der Waals surface area contributed by atoms with E-state index in [9.17, 15) is 31.1 Å². The van der Waals surface area contributed by atoms with Gasteiger partial charge in [-0.25, -0.2) is 5.48 Å². The van der Waals surface area contributed by atoms with Gasteiger partial charge in [-0.05, 0) is 72.3 Å². The zero-order chi connectivity index (χ0) is 23.5. The third kappa shape index (κ3) is 5.89. The van der Waals surface area contributed by atoms with Crippen LogP contribution in [-0.4, -0.2) is 17.7 Å². The Kier molecular flexibility index (Phi) is 6.94. The highest BCUT2D eigenvalue weighted by atomic mass is 19.4. The predicted octanol–water partition coefficient (Wildman–Crippen LogP) is 5.06. The van der Waals surface area contributed by atoms with Gasteiger partial charge in [0.05, 0.1) is 11.1 Å². The van der Waals surface area contributed by atoms with E-state index in [4.69, 9.17) is 5.21 Å². The fraction of sp³-hybridized carbons (Fsp3) is 0.318. The fourth-order valence-corrected chi connectivity index (χ4v) is 3.72. The number of amides is 1. The molecule has 0 saturated heterocycles. The second-order valence-corrected chi connectivity index (χ2v) is 7.48. The van der Waals surface area contributed by atoms with Crippen molar-refractivity contribution in [2.75, 3.05) is 6.54 Å². The first kappa shape index (κ1) is 23.8. The SMILES string of the molecule is O=C(/C=C/c1ccc2c(c1)CCC2NCCc1cc(C(F)(F)F)cc(C(F)(F)F)c1)NO. The summed E-state index contributed by atoms with van der Waals surface area (Å²) >= 11 is 0. The van der Waals surface area contributed by atoms with E-state index in [-0.39, 0.29) is 30.6 Å². The number of fused-ring (bicyclic) bond motifs is 1. The fourth-order valence-electron chi connectivity index (χ4n) is 3.72. The molecule has 0 aliphatic heterocycles. The number of hydrogen-bond acceptors (Lipinski definition) is 3. The minimum absolute atomic E-state index is 0.00985. The van der Waals surface area contributed by atoms with E-state index in [1.54, 1.807) is 12.1 Å². The molecular formula is C22H20F6N2O2. The third-order valence-corrected chi connectivity index (χ3v) is 5.23. The smallest absolute Gasteiger partial charge is 0.310 e. The van der Waals surface area contributed by atoms with Crippen LogP contribution in [0.25, 0.3) is 6.08 Å². The van der Waals surface area contributed by atoms with Crippen LogP contribution < -0.4 is 10.8 Å². The molecular weight excluding hydrogens is 438 g/mol. The standard InChI is InChI=1S/C22H20F6N2O2/c23-21(24,25)16-10-14(11-17(12-16)22(26,27)28)7-8-29-19-5-3-15-9-13(1-4-18(15)19)2-6-20(31)30-32/h1-2,4,6,9-12,19,29,32H,3,5,7-8H2,(H,30,31)/b6-2+. The average molecular weight is 458 g/mol. The van der Waals surface area contributed by atoms with E-state index < -0.39 is 29.4 Å². The molecule has 4 nitrogen and oxygen atoms in total. The summed E-state index contributed by atoms with van der Waals surface area (Å²) in [6.07, 6.45) is -5.53. The van der Waals surface area contributed by atoms with Crippen molar-refractivity contribution in [1.29, 1.82) is 0 Å². The van der Waals surface area contributed by atoms with Crippen LogP contribution in [0.3, 0.4) is 0 Å². The normalized spacial score (nSPS) is 16.4. The molecule has 172 valence electrons. The van der Waals surface area contributed by atoms with E-state index in [0.717, 1.165) is 41.7 Å². The van der Waals surface area contributed by atoms with Crippen molar-refractivity contribution in [1.82, 2.24) is 10.8 Å². The molecule has 0 heterocycles. The summed E-state index contributed by atoms with van der Waals surface area (Å²) in [5.74, 6) is -0.659. The van der Waals surface area contributed by atoms with E-state index in [2.05, 4.69) is 5.32 Å². The third-order valence-electron chi connectivity index (χ3n) is 5.23. The molecule has 1 aliphatic rings. The van der Waals surface area contributed by atoms with Crippen molar-refractivity contribution < 1.29 is 36.3 Å². The Hall–Kier alpha value is -2.85. The summed E-state index contributed by atoms with van der Waals surface area (Å²) in [6.45, 7) is 0.209. The van der Waals surface area contributed by atoms with Gasteiger partial charge in [0.2, 0.25) is 0 Å². The molecule has 2 aromatic carbocycles. The highest BCUT2D eigenvalue weighted by Crippen LogP contribution is 2.36. The van der Waals surface area contributed by atoms with Crippen molar-refractivity contribution in [2.45, 2.75) is 37.7 Å². The average Bonchev–Trinajstić information content (AvgIpc) is 3.12. The lowest BCUT2D eigenvalue weighted by atomic mass is 10.0. The van der Waals surface area contributed by atoms with E-state index >= 15 is 0 Å². The van der Waals surface area contributed by atoms with Crippen molar-refractivity contribution in [3.05, 3.63) is 75.9 Å². The largest absolute Gasteiger partial charge is 0.416 e. The Morgan fingerprint density at radius 2 is 1.69 bits per heavy atom. The first-order chi connectivity index (χ1) is 15.0. The number of carbonyl (C=O) groups is 1. The molecule has 3 rings (SSSR count). The van der Waals surface area contributed by atoms with Crippen molar-refractivity contribution in [3.8, 4) is 0 Å². The van der Waals surface area contributed by atoms with Crippen LogP contribution in [0.1, 0.15) is 45.8 Å². The number of alkyl halides is 6. The molecule has 1 atom stereocenters. The van der Waals surface area contributed by atoms with Gasteiger partial charge in [0.15, 0.2) is 0 Å². The molecule has 0 radical (unpaired) electrons. The molecule has 10 heteroatoms. The maximum Gasteiger partial charge on any atom is 0.416 e. The number of hydroxylamine groups is 1. The number of halogens is 6. The van der Waals surface area contributed by atoms with Crippen LogP contribution in [0.15, 0.2) is 42.5 Å². The van der Waals surface area contributed by atoms with Gasteiger partial charge in [-0.2, -0.15) is 26.3 Å². The Labute approximate surface area is 179 Å². The molecule has 0 fully saturated rings. The molecule has 1 amide bonds. The summed E-state index contributed by atoms with van der Waals surface area (Å²) in [5.41, 5.74) is 1.61. The number of benzene rings is 2. The zero-order valence-corrected chi connectivity index (χ0v) is 16.6. The van der Waals surface area contributed by atoms with Gasteiger partial charge >= 0.3 is 12.4 Å². The summed E-state index contributed by atoms with van der Waals surface area (Å²) < 4.78 is 78.0. The molecule has 2 aromatic rings. The Morgan fingerprint density at radius 3 is 2.28 bits per heavy atom. The molecule has 0 saturated carbocycles. The summed E-state index contributed by atoms with van der Waals surface area (Å²) in [5, 5.41) is 11.7. The highest BCUT2D eigenvalue weighted by Gasteiger charge is 2.36. The zero-order valence-electron chi connectivity index (χ0n) is 16.6. The van der Waals surface area contributed by atoms with Crippen LogP contribution in [-0.2, 0) is 30.0 Å². The maximum atomic E-state index is 13.0. The quantitative estimate of drug-likeness (QED) is 0.245.